The molecule has 2 unspecified atom stereocenters. The Hall–Kier alpha value is -1.22. The van der Waals surface area contributed by atoms with Crippen molar-refractivity contribution in [3.05, 3.63) is 23.8 Å². The van der Waals surface area contributed by atoms with Gasteiger partial charge in [0.2, 0.25) is 0 Å². The molecule has 0 amide bonds. The molecular formula is C15H25NO2. The van der Waals surface area contributed by atoms with E-state index in [2.05, 4.69) is 26.1 Å². The van der Waals surface area contributed by atoms with Gasteiger partial charge in [-0.15, -0.1) is 0 Å². The highest BCUT2D eigenvalue weighted by Crippen LogP contribution is 2.24. The fraction of sp³-hybridized carbons (Fsp3) is 0.600. The molecule has 0 fully saturated rings. The van der Waals surface area contributed by atoms with Crippen LogP contribution in [0.4, 0.5) is 0 Å². The van der Waals surface area contributed by atoms with Crippen LogP contribution in [0.5, 0.6) is 11.5 Å². The lowest BCUT2D eigenvalue weighted by atomic mass is 10.0. The summed E-state index contributed by atoms with van der Waals surface area (Å²) >= 11 is 0. The summed E-state index contributed by atoms with van der Waals surface area (Å²) < 4.78 is 10.6. The molecule has 2 atom stereocenters. The lowest BCUT2D eigenvalue weighted by Gasteiger charge is -2.20. The van der Waals surface area contributed by atoms with Crippen molar-refractivity contribution in [3.63, 3.8) is 0 Å². The molecule has 1 rings (SSSR count). The number of ether oxygens (including phenoxy) is 2. The van der Waals surface area contributed by atoms with Crippen molar-refractivity contribution in [3.8, 4) is 11.5 Å². The maximum absolute atomic E-state index is 5.39. The lowest BCUT2D eigenvalue weighted by Crippen LogP contribution is -2.31. The van der Waals surface area contributed by atoms with Crippen LogP contribution < -0.4 is 14.8 Å². The average molecular weight is 251 g/mol. The minimum Gasteiger partial charge on any atom is -0.497 e. The molecule has 1 N–H and O–H groups in total. The summed E-state index contributed by atoms with van der Waals surface area (Å²) in [6, 6.07) is 6.44. The SMILES string of the molecule is CCC(C)C(C)NCc1ccc(OC)cc1OC. The normalized spacial score (nSPS) is 14.1. The van der Waals surface area contributed by atoms with Gasteiger partial charge in [0.1, 0.15) is 11.5 Å². The second-order valence-electron chi connectivity index (χ2n) is 4.73. The molecule has 0 heterocycles. The second kappa shape index (κ2) is 7.27. The zero-order valence-corrected chi connectivity index (χ0v) is 12.1. The van der Waals surface area contributed by atoms with E-state index in [0.717, 1.165) is 23.6 Å². The van der Waals surface area contributed by atoms with E-state index in [4.69, 9.17) is 9.47 Å². The lowest BCUT2D eigenvalue weighted by molar-refractivity contribution is 0.373. The van der Waals surface area contributed by atoms with Crippen molar-refractivity contribution < 1.29 is 9.47 Å². The molecule has 0 radical (unpaired) electrons. The van der Waals surface area contributed by atoms with E-state index in [9.17, 15) is 0 Å². The topological polar surface area (TPSA) is 30.5 Å². The Morgan fingerprint density at radius 1 is 1.17 bits per heavy atom. The number of hydrogen-bond acceptors (Lipinski definition) is 3. The average Bonchev–Trinajstić information content (AvgIpc) is 2.43. The highest BCUT2D eigenvalue weighted by Gasteiger charge is 2.11. The Morgan fingerprint density at radius 3 is 2.44 bits per heavy atom. The van der Waals surface area contributed by atoms with Crippen molar-refractivity contribution in [2.24, 2.45) is 5.92 Å². The highest BCUT2D eigenvalue weighted by atomic mass is 16.5. The van der Waals surface area contributed by atoms with Crippen LogP contribution in [0.15, 0.2) is 18.2 Å². The van der Waals surface area contributed by atoms with E-state index in [0.29, 0.717) is 12.0 Å². The van der Waals surface area contributed by atoms with Gasteiger partial charge in [-0.25, -0.2) is 0 Å². The van der Waals surface area contributed by atoms with E-state index in [1.165, 1.54) is 6.42 Å². The summed E-state index contributed by atoms with van der Waals surface area (Å²) in [6.45, 7) is 7.53. The molecule has 0 aliphatic rings. The first-order chi connectivity index (χ1) is 8.62. The zero-order valence-electron chi connectivity index (χ0n) is 12.1. The molecule has 0 saturated heterocycles. The van der Waals surface area contributed by atoms with Crippen molar-refractivity contribution in [2.45, 2.75) is 39.8 Å². The highest BCUT2D eigenvalue weighted by molar-refractivity contribution is 5.40. The Kier molecular flexibility index (Phi) is 5.99. The fourth-order valence-corrected chi connectivity index (χ4v) is 1.82. The molecule has 1 aromatic carbocycles. The van der Waals surface area contributed by atoms with Crippen LogP contribution in [0.25, 0.3) is 0 Å². The molecule has 0 bridgehead atoms. The van der Waals surface area contributed by atoms with E-state index in [1.54, 1.807) is 14.2 Å². The predicted octanol–water partition coefficient (Wildman–Crippen LogP) is 3.23. The van der Waals surface area contributed by atoms with Gasteiger partial charge in [0, 0.05) is 24.2 Å². The van der Waals surface area contributed by atoms with Gasteiger partial charge in [0.25, 0.3) is 0 Å². The number of rotatable bonds is 7. The number of benzene rings is 1. The van der Waals surface area contributed by atoms with Gasteiger partial charge in [-0.05, 0) is 18.9 Å². The third-order valence-electron chi connectivity index (χ3n) is 3.61. The predicted molar refractivity (Wildman–Crippen MR) is 75.3 cm³/mol. The zero-order chi connectivity index (χ0) is 13.5. The molecule has 3 nitrogen and oxygen atoms in total. The molecule has 0 spiro atoms. The third-order valence-corrected chi connectivity index (χ3v) is 3.61. The summed E-state index contributed by atoms with van der Waals surface area (Å²) in [5, 5.41) is 3.54. The van der Waals surface area contributed by atoms with Crippen LogP contribution in [0, 0.1) is 5.92 Å². The quantitative estimate of drug-likeness (QED) is 0.807. The standard InChI is InChI=1S/C15H25NO2/c1-6-11(2)12(3)16-10-13-7-8-14(17-4)9-15(13)18-5/h7-9,11-12,16H,6,10H2,1-5H3. The summed E-state index contributed by atoms with van der Waals surface area (Å²) in [5.74, 6) is 2.37. The van der Waals surface area contributed by atoms with Crippen LogP contribution in [-0.2, 0) is 6.54 Å². The Labute approximate surface area is 110 Å². The first-order valence-corrected chi connectivity index (χ1v) is 6.56. The van der Waals surface area contributed by atoms with E-state index in [-0.39, 0.29) is 0 Å². The van der Waals surface area contributed by atoms with Crippen molar-refractivity contribution in [2.75, 3.05) is 14.2 Å². The number of nitrogens with one attached hydrogen (secondary N) is 1. The molecule has 0 aromatic heterocycles. The molecular weight excluding hydrogens is 226 g/mol. The van der Waals surface area contributed by atoms with E-state index in [1.807, 2.05) is 18.2 Å². The van der Waals surface area contributed by atoms with Gasteiger partial charge in [0.05, 0.1) is 14.2 Å². The summed E-state index contributed by atoms with van der Waals surface area (Å²) in [5.41, 5.74) is 1.16. The molecule has 0 aliphatic heterocycles. The third kappa shape index (κ3) is 3.91. The van der Waals surface area contributed by atoms with Crippen LogP contribution in [0.1, 0.15) is 32.8 Å². The minimum atomic E-state index is 0.502. The first kappa shape index (κ1) is 14.8. The fourth-order valence-electron chi connectivity index (χ4n) is 1.82. The van der Waals surface area contributed by atoms with Crippen LogP contribution in [-0.4, -0.2) is 20.3 Å². The van der Waals surface area contributed by atoms with E-state index >= 15 is 0 Å². The van der Waals surface area contributed by atoms with Gasteiger partial charge >= 0.3 is 0 Å². The molecule has 3 heteroatoms. The van der Waals surface area contributed by atoms with Crippen LogP contribution >= 0.6 is 0 Å². The molecule has 0 aliphatic carbocycles. The molecule has 0 saturated carbocycles. The maximum Gasteiger partial charge on any atom is 0.127 e. The number of methoxy groups -OCH3 is 2. The van der Waals surface area contributed by atoms with Gasteiger partial charge in [-0.2, -0.15) is 0 Å². The Bertz CT molecular complexity index is 366. The van der Waals surface area contributed by atoms with Crippen molar-refractivity contribution >= 4 is 0 Å². The Morgan fingerprint density at radius 2 is 1.89 bits per heavy atom. The van der Waals surface area contributed by atoms with Gasteiger partial charge < -0.3 is 14.8 Å². The molecule has 18 heavy (non-hydrogen) atoms. The molecule has 1 aromatic rings. The summed E-state index contributed by atoms with van der Waals surface area (Å²) in [7, 11) is 3.36. The van der Waals surface area contributed by atoms with Gasteiger partial charge in [0.15, 0.2) is 0 Å². The molecule has 102 valence electrons. The minimum absolute atomic E-state index is 0.502. The van der Waals surface area contributed by atoms with E-state index < -0.39 is 0 Å². The van der Waals surface area contributed by atoms with Crippen molar-refractivity contribution in [1.82, 2.24) is 5.32 Å². The van der Waals surface area contributed by atoms with Crippen LogP contribution in [0.3, 0.4) is 0 Å². The van der Waals surface area contributed by atoms with Crippen molar-refractivity contribution in [1.29, 1.82) is 0 Å². The second-order valence-corrected chi connectivity index (χ2v) is 4.73. The Balaban J connectivity index is 2.67. The monoisotopic (exact) mass is 251 g/mol. The van der Waals surface area contributed by atoms with Gasteiger partial charge in [-0.3, -0.25) is 0 Å². The maximum atomic E-state index is 5.39. The van der Waals surface area contributed by atoms with Crippen LogP contribution in [0.2, 0.25) is 0 Å². The summed E-state index contributed by atoms with van der Waals surface area (Å²) in [4.78, 5) is 0. The largest absolute Gasteiger partial charge is 0.497 e. The first-order valence-electron chi connectivity index (χ1n) is 6.56. The van der Waals surface area contributed by atoms with Gasteiger partial charge in [-0.1, -0.05) is 26.3 Å². The smallest absolute Gasteiger partial charge is 0.127 e. The number of hydrogen-bond donors (Lipinski definition) is 1. The summed E-state index contributed by atoms with van der Waals surface area (Å²) in [6.07, 6.45) is 1.19.